The SMILES string of the molecule is CC1(C)OB(c2c(F)ccnc2CN)OC1(C)C. The third kappa shape index (κ3) is 2.04. The average molecular weight is 252 g/mol. The van der Waals surface area contributed by atoms with Gasteiger partial charge in [-0.05, 0) is 33.8 Å². The molecular weight excluding hydrogens is 234 g/mol. The normalized spacial score (nSPS) is 21.3. The lowest BCUT2D eigenvalue weighted by Crippen LogP contribution is -2.41. The Morgan fingerprint density at radius 1 is 1.28 bits per heavy atom. The van der Waals surface area contributed by atoms with Crippen molar-refractivity contribution >= 4 is 12.6 Å². The molecule has 1 saturated heterocycles. The number of hydrogen-bond donors (Lipinski definition) is 1. The van der Waals surface area contributed by atoms with Crippen LogP contribution in [0.25, 0.3) is 0 Å². The molecule has 98 valence electrons. The van der Waals surface area contributed by atoms with E-state index in [1.165, 1.54) is 12.3 Å². The molecular formula is C12H18BFN2O2. The zero-order valence-electron chi connectivity index (χ0n) is 11.2. The Kier molecular flexibility index (Phi) is 3.21. The number of hydrogen-bond acceptors (Lipinski definition) is 4. The molecule has 1 fully saturated rings. The molecule has 0 spiro atoms. The van der Waals surface area contributed by atoms with Crippen LogP contribution in [0.15, 0.2) is 12.3 Å². The van der Waals surface area contributed by atoms with Crippen LogP contribution in [-0.4, -0.2) is 23.3 Å². The van der Waals surface area contributed by atoms with Gasteiger partial charge in [-0.2, -0.15) is 0 Å². The summed E-state index contributed by atoms with van der Waals surface area (Å²) >= 11 is 0. The second-order valence-electron chi connectivity index (χ2n) is 5.45. The minimum absolute atomic E-state index is 0.150. The topological polar surface area (TPSA) is 57.4 Å². The fourth-order valence-corrected chi connectivity index (χ4v) is 1.86. The Bertz CT molecular complexity index is 449. The van der Waals surface area contributed by atoms with Crippen molar-refractivity contribution in [3.8, 4) is 0 Å². The van der Waals surface area contributed by atoms with Crippen molar-refractivity contribution in [3.05, 3.63) is 23.8 Å². The summed E-state index contributed by atoms with van der Waals surface area (Å²) in [5.41, 5.74) is 5.34. The lowest BCUT2D eigenvalue weighted by molar-refractivity contribution is 0.00578. The summed E-state index contributed by atoms with van der Waals surface area (Å²) < 4.78 is 25.6. The highest BCUT2D eigenvalue weighted by Gasteiger charge is 2.53. The van der Waals surface area contributed by atoms with Crippen molar-refractivity contribution < 1.29 is 13.7 Å². The molecule has 2 heterocycles. The van der Waals surface area contributed by atoms with Crippen LogP contribution in [0, 0.1) is 5.82 Å². The monoisotopic (exact) mass is 252 g/mol. The van der Waals surface area contributed by atoms with Crippen molar-refractivity contribution in [2.45, 2.75) is 45.4 Å². The van der Waals surface area contributed by atoms with Gasteiger partial charge < -0.3 is 15.0 Å². The van der Waals surface area contributed by atoms with E-state index < -0.39 is 24.1 Å². The number of nitrogens with two attached hydrogens (primary N) is 1. The van der Waals surface area contributed by atoms with Crippen LogP contribution in [0.2, 0.25) is 0 Å². The van der Waals surface area contributed by atoms with Gasteiger partial charge in [0.25, 0.3) is 0 Å². The van der Waals surface area contributed by atoms with Gasteiger partial charge in [0.15, 0.2) is 0 Å². The first-order chi connectivity index (χ1) is 8.28. The van der Waals surface area contributed by atoms with E-state index in [1.807, 2.05) is 27.7 Å². The molecule has 0 radical (unpaired) electrons. The summed E-state index contributed by atoms with van der Waals surface area (Å²) in [7, 11) is -0.762. The van der Waals surface area contributed by atoms with Crippen LogP contribution in [0.4, 0.5) is 4.39 Å². The van der Waals surface area contributed by atoms with Gasteiger partial charge in [0.2, 0.25) is 0 Å². The molecule has 2 rings (SSSR count). The minimum atomic E-state index is -0.762. The molecule has 4 nitrogen and oxygen atoms in total. The van der Waals surface area contributed by atoms with Gasteiger partial charge >= 0.3 is 7.12 Å². The largest absolute Gasteiger partial charge is 0.499 e. The lowest BCUT2D eigenvalue weighted by Gasteiger charge is -2.32. The molecule has 0 unspecified atom stereocenters. The minimum Gasteiger partial charge on any atom is -0.399 e. The molecule has 0 aliphatic carbocycles. The van der Waals surface area contributed by atoms with Crippen LogP contribution >= 0.6 is 0 Å². The molecule has 0 bridgehead atoms. The van der Waals surface area contributed by atoms with Crippen molar-refractivity contribution in [1.82, 2.24) is 4.98 Å². The van der Waals surface area contributed by atoms with Crippen LogP contribution in [0.3, 0.4) is 0 Å². The van der Waals surface area contributed by atoms with Gasteiger partial charge in [-0.25, -0.2) is 4.39 Å². The zero-order chi connectivity index (χ0) is 13.6. The summed E-state index contributed by atoms with van der Waals surface area (Å²) in [6, 6.07) is 1.29. The number of nitrogens with zero attached hydrogens (tertiary/aromatic N) is 1. The molecule has 18 heavy (non-hydrogen) atoms. The van der Waals surface area contributed by atoms with E-state index in [0.29, 0.717) is 11.2 Å². The van der Waals surface area contributed by atoms with Crippen molar-refractivity contribution in [2.75, 3.05) is 0 Å². The third-order valence-electron chi connectivity index (χ3n) is 3.70. The smallest absolute Gasteiger partial charge is 0.399 e. The molecule has 2 N–H and O–H groups in total. The third-order valence-corrected chi connectivity index (χ3v) is 3.70. The molecule has 0 saturated carbocycles. The molecule has 0 amide bonds. The molecule has 6 heteroatoms. The maximum absolute atomic E-state index is 13.9. The van der Waals surface area contributed by atoms with Gasteiger partial charge in [-0.3, -0.25) is 4.98 Å². The zero-order valence-corrected chi connectivity index (χ0v) is 11.2. The first-order valence-corrected chi connectivity index (χ1v) is 5.97. The van der Waals surface area contributed by atoms with Crippen LogP contribution in [0.1, 0.15) is 33.4 Å². The van der Waals surface area contributed by atoms with E-state index in [1.54, 1.807) is 0 Å². The number of rotatable bonds is 2. The Balaban J connectivity index is 2.41. The van der Waals surface area contributed by atoms with E-state index in [-0.39, 0.29) is 6.54 Å². The first-order valence-electron chi connectivity index (χ1n) is 5.97. The molecule has 1 aromatic rings. The summed E-state index contributed by atoms with van der Waals surface area (Å²) in [4.78, 5) is 4.07. The summed E-state index contributed by atoms with van der Waals surface area (Å²) in [6.45, 7) is 7.83. The highest BCUT2D eigenvalue weighted by molar-refractivity contribution is 6.62. The fraction of sp³-hybridized carbons (Fsp3) is 0.583. The summed E-state index contributed by atoms with van der Waals surface area (Å²) in [5, 5.41) is 0. The summed E-state index contributed by atoms with van der Waals surface area (Å²) in [6.07, 6.45) is 1.40. The first kappa shape index (κ1) is 13.5. The van der Waals surface area contributed by atoms with E-state index in [0.717, 1.165) is 0 Å². The maximum Gasteiger partial charge on any atom is 0.499 e. The molecule has 0 atom stereocenters. The Morgan fingerprint density at radius 2 is 1.83 bits per heavy atom. The van der Waals surface area contributed by atoms with Crippen molar-refractivity contribution in [3.63, 3.8) is 0 Å². The number of pyridine rings is 1. The Hall–Kier alpha value is -0.975. The quantitative estimate of drug-likeness (QED) is 0.797. The summed E-state index contributed by atoms with van der Waals surface area (Å²) in [5.74, 6) is -0.399. The van der Waals surface area contributed by atoms with Gasteiger partial charge in [-0.1, -0.05) is 0 Å². The predicted molar refractivity (Wildman–Crippen MR) is 67.8 cm³/mol. The van der Waals surface area contributed by atoms with E-state index in [9.17, 15) is 4.39 Å². The molecule has 1 aliphatic heterocycles. The highest BCUT2D eigenvalue weighted by Crippen LogP contribution is 2.36. The van der Waals surface area contributed by atoms with Gasteiger partial charge in [0.1, 0.15) is 5.82 Å². The molecule has 0 aromatic carbocycles. The van der Waals surface area contributed by atoms with Gasteiger partial charge in [-0.15, -0.1) is 0 Å². The Labute approximate surface area is 107 Å². The fourth-order valence-electron chi connectivity index (χ4n) is 1.86. The maximum atomic E-state index is 13.9. The van der Waals surface area contributed by atoms with Gasteiger partial charge in [0.05, 0.1) is 16.9 Å². The van der Waals surface area contributed by atoms with E-state index >= 15 is 0 Å². The number of halogens is 1. The average Bonchev–Trinajstić information content (AvgIpc) is 2.47. The van der Waals surface area contributed by atoms with Crippen LogP contribution in [-0.2, 0) is 15.9 Å². The second kappa shape index (κ2) is 4.29. The van der Waals surface area contributed by atoms with E-state index in [2.05, 4.69) is 4.98 Å². The van der Waals surface area contributed by atoms with Crippen molar-refractivity contribution in [2.24, 2.45) is 5.73 Å². The molecule has 1 aromatic heterocycles. The lowest BCUT2D eigenvalue weighted by atomic mass is 9.77. The second-order valence-corrected chi connectivity index (χ2v) is 5.45. The van der Waals surface area contributed by atoms with Gasteiger partial charge in [0, 0.05) is 18.2 Å². The van der Waals surface area contributed by atoms with E-state index in [4.69, 9.17) is 15.0 Å². The standard InChI is InChI=1S/C12H18BFN2O2/c1-11(2)12(3,4)18-13(17-11)10-8(14)5-6-16-9(10)7-15/h5-6H,7,15H2,1-4H3. The predicted octanol–water partition coefficient (Wildman–Crippen LogP) is 0.979. The van der Waals surface area contributed by atoms with Crippen molar-refractivity contribution in [1.29, 1.82) is 0 Å². The Morgan fingerprint density at radius 3 is 2.33 bits per heavy atom. The number of aromatic nitrogens is 1. The highest BCUT2D eigenvalue weighted by atomic mass is 19.1. The van der Waals surface area contributed by atoms with Crippen LogP contribution < -0.4 is 11.2 Å². The molecule has 1 aliphatic rings. The van der Waals surface area contributed by atoms with Crippen LogP contribution in [0.5, 0.6) is 0 Å².